The molecule has 16 heavy (non-hydrogen) atoms. The zero-order chi connectivity index (χ0) is 10.7. The Bertz CT molecular complexity index is 732. The molecule has 4 rings (SSSR count). The molecule has 0 saturated heterocycles. The number of benzene rings is 2. The van der Waals surface area contributed by atoms with Crippen LogP contribution >= 0.6 is 11.8 Å². The molecular formula is C14H8OS. The van der Waals surface area contributed by atoms with E-state index in [9.17, 15) is 4.79 Å². The van der Waals surface area contributed by atoms with Gasteiger partial charge >= 0.3 is 0 Å². The van der Waals surface area contributed by atoms with E-state index in [-0.39, 0.29) is 5.43 Å². The number of fused-ring (bicyclic) bond motifs is 4. The molecule has 0 aliphatic carbocycles. The average molecular weight is 224 g/mol. The van der Waals surface area contributed by atoms with E-state index in [2.05, 4.69) is 30.3 Å². The van der Waals surface area contributed by atoms with Gasteiger partial charge in [0.2, 0.25) is 0 Å². The zero-order valence-corrected chi connectivity index (χ0v) is 9.30. The number of hydrogen-bond acceptors (Lipinski definition) is 2. The summed E-state index contributed by atoms with van der Waals surface area (Å²) in [7, 11) is 0. The van der Waals surface area contributed by atoms with Crippen LogP contribution in [0.3, 0.4) is 0 Å². The maximum atomic E-state index is 11.5. The van der Waals surface area contributed by atoms with Crippen molar-refractivity contribution in [2.45, 2.75) is 16.2 Å². The van der Waals surface area contributed by atoms with Gasteiger partial charge in [0, 0.05) is 27.0 Å². The monoisotopic (exact) mass is 224 g/mol. The summed E-state index contributed by atoms with van der Waals surface area (Å²) >= 11 is 1.78. The Kier molecular flexibility index (Phi) is 1.49. The van der Waals surface area contributed by atoms with Crippen LogP contribution in [-0.2, 0) is 6.42 Å². The van der Waals surface area contributed by atoms with Crippen molar-refractivity contribution in [1.82, 2.24) is 0 Å². The molecule has 0 saturated carbocycles. The van der Waals surface area contributed by atoms with Gasteiger partial charge in [0.25, 0.3) is 0 Å². The van der Waals surface area contributed by atoms with E-state index >= 15 is 0 Å². The first-order valence-corrected chi connectivity index (χ1v) is 6.12. The third-order valence-corrected chi connectivity index (χ3v) is 4.46. The van der Waals surface area contributed by atoms with E-state index in [1.165, 1.54) is 20.9 Å². The largest absolute Gasteiger partial charge is 0.289 e. The summed E-state index contributed by atoms with van der Waals surface area (Å²) in [4.78, 5) is 14.1. The molecule has 1 aliphatic heterocycles. The molecule has 0 N–H and O–H groups in total. The van der Waals surface area contributed by atoms with Crippen LogP contribution in [0.2, 0.25) is 0 Å². The molecule has 0 aromatic heterocycles. The molecule has 0 amide bonds. The van der Waals surface area contributed by atoms with Crippen molar-refractivity contribution in [3.8, 4) is 0 Å². The minimum Gasteiger partial charge on any atom is -0.289 e. The quantitative estimate of drug-likeness (QED) is 0.456. The standard InChI is InChI=1S/C14H8OS/c15-14-9-5-6-12-10(13(9)14)7-8-3-1-2-4-11(8)16-12/h1-6H,7H2. The molecule has 3 aromatic carbocycles. The minimum absolute atomic E-state index is 0.251. The van der Waals surface area contributed by atoms with Gasteiger partial charge in [-0.1, -0.05) is 30.0 Å². The summed E-state index contributed by atoms with van der Waals surface area (Å²) in [6, 6.07) is 12.5. The van der Waals surface area contributed by atoms with E-state index < -0.39 is 0 Å². The minimum atomic E-state index is 0.251. The molecule has 2 heteroatoms. The molecule has 0 unspecified atom stereocenters. The van der Waals surface area contributed by atoms with Gasteiger partial charge in [-0.25, -0.2) is 0 Å². The first kappa shape index (κ1) is 8.59. The molecule has 0 spiro atoms. The summed E-state index contributed by atoms with van der Waals surface area (Å²) < 4.78 is 0. The molecule has 76 valence electrons. The summed E-state index contributed by atoms with van der Waals surface area (Å²) in [6.07, 6.45) is 0.910. The summed E-state index contributed by atoms with van der Waals surface area (Å²) in [5.41, 5.74) is 2.83. The highest BCUT2D eigenvalue weighted by Gasteiger charge is 2.24. The Morgan fingerprint density at radius 3 is 2.81 bits per heavy atom. The summed E-state index contributed by atoms with van der Waals surface area (Å²) in [6.45, 7) is 0. The molecular weight excluding hydrogens is 216 g/mol. The van der Waals surface area contributed by atoms with Crippen molar-refractivity contribution in [2.75, 3.05) is 0 Å². The lowest BCUT2D eigenvalue weighted by molar-refractivity contribution is 1.08. The highest BCUT2D eigenvalue weighted by molar-refractivity contribution is 7.99. The predicted octanol–water partition coefficient (Wildman–Crippen LogP) is 3.13. The van der Waals surface area contributed by atoms with Crippen LogP contribution in [0.25, 0.3) is 10.8 Å². The molecule has 0 atom stereocenters. The van der Waals surface area contributed by atoms with Gasteiger partial charge in [-0.2, -0.15) is 0 Å². The highest BCUT2D eigenvalue weighted by atomic mass is 32.2. The van der Waals surface area contributed by atoms with Crippen molar-refractivity contribution in [1.29, 1.82) is 0 Å². The van der Waals surface area contributed by atoms with Crippen LogP contribution in [0.4, 0.5) is 0 Å². The van der Waals surface area contributed by atoms with Crippen LogP contribution in [0.5, 0.6) is 0 Å². The van der Waals surface area contributed by atoms with Gasteiger partial charge in [0.15, 0.2) is 5.43 Å². The van der Waals surface area contributed by atoms with E-state index in [0.29, 0.717) is 0 Å². The van der Waals surface area contributed by atoms with Crippen molar-refractivity contribution in [3.63, 3.8) is 0 Å². The van der Waals surface area contributed by atoms with Crippen molar-refractivity contribution >= 4 is 22.5 Å². The van der Waals surface area contributed by atoms with Crippen LogP contribution in [0.15, 0.2) is 51.0 Å². The smallest absolute Gasteiger partial charge is 0.194 e. The summed E-state index contributed by atoms with van der Waals surface area (Å²) in [5.74, 6) is 0. The van der Waals surface area contributed by atoms with E-state index in [4.69, 9.17) is 0 Å². The predicted molar refractivity (Wildman–Crippen MR) is 66.0 cm³/mol. The van der Waals surface area contributed by atoms with Crippen LogP contribution in [0.1, 0.15) is 11.1 Å². The Hall–Kier alpha value is -1.54. The van der Waals surface area contributed by atoms with Gasteiger partial charge in [-0.3, -0.25) is 4.79 Å². The van der Waals surface area contributed by atoms with Crippen LogP contribution in [0, 0.1) is 0 Å². The van der Waals surface area contributed by atoms with Crippen molar-refractivity contribution in [2.24, 2.45) is 0 Å². The second kappa shape index (κ2) is 2.77. The lowest BCUT2D eigenvalue weighted by atomic mass is 10.0. The van der Waals surface area contributed by atoms with E-state index in [1.54, 1.807) is 11.8 Å². The van der Waals surface area contributed by atoms with Crippen molar-refractivity contribution < 1.29 is 0 Å². The van der Waals surface area contributed by atoms with E-state index in [0.717, 1.165) is 17.2 Å². The summed E-state index contributed by atoms with van der Waals surface area (Å²) in [5, 5.41) is 1.92. The van der Waals surface area contributed by atoms with Gasteiger partial charge in [-0.05, 0) is 29.3 Å². The van der Waals surface area contributed by atoms with E-state index in [1.807, 2.05) is 6.07 Å². The third-order valence-electron chi connectivity index (χ3n) is 3.24. The van der Waals surface area contributed by atoms with Gasteiger partial charge < -0.3 is 0 Å². The van der Waals surface area contributed by atoms with Gasteiger partial charge in [0.1, 0.15) is 0 Å². The molecule has 1 heterocycles. The highest BCUT2D eigenvalue weighted by Crippen LogP contribution is 2.42. The average Bonchev–Trinajstić information content (AvgIpc) is 2.98. The lowest BCUT2D eigenvalue weighted by Gasteiger charge is -2.17. The fourth-order valence-electron chi connectivity index (χ4n) is 2.35. The topological polar surface area (TPSA) is 17.1 Å². The van der Waals surface area contributed by atoms with Gasteiger partial charge in [-0.15, -0.1) is 0 Å². The normalized spacial score (nSPS) is 14.0. The fraction of sp³-hybridized carbons (Fsp3) is 0.0714. The third kappa shape index (κ3) is 1.000. The van der Waals surface area contributed by atoms with Crippen LogP contribution < -0.4 is 5.43 Å². The zero-order valence-electron chi connectivity index (χ0n) is 8.49. The molecule has 3 aromatic rings. The molecule has 0 radical (unpaired) electrons. The Balaban J connectivity index is 1.97. The molecule has 0 fully saturated rings. The molecule has 1 nitrogen and oxygen atoms in total. The maximum absolute atomic E-state index is 11.5. The first-order chi connectivity index (χ1) is 7.84. The number of rotatable bonds is 0. The molecule has 0 bridgehead atoms. The van der Waals surface area contributed by atoms with Gasteiger partial charge in [0.05, 0.1) is 0 Å². The van der Waals surface area contributed by atoms with Crippen molar-refractivity contribution in [3.05, 3.63) is 57.7 Å². The van der Waals surface area contributed by atoms with Crippen LogP contribution in [-0.4, -0.2) is 0 Å². The maximum Gasteiger partial charge on any atom is 0.194 e. The Morgan fingerprint density at radius 2 is 1.88 bits per heavy atom. The SMILES string of the molecule is O=c1c2ccc3c(c12)Cc1ccccc1S3. The molecule has 1 aliphatic rings. The number of hydrogen-bond donors (Lipinski definition) is 0. The second-order valence-electron chi connectivity index (χ2n) is 4.18. The first-order valence-electron chi connectivity index (χ1n) is 5.31. The fourth-order valence-corrected chi connectivity index (χ4v) is 3.44. The Morgan fingerprint density at radius 1 is 1.00 bits per heavy atom. The second-order valence-corrected chi connectivity index (χ2v) is 5.26. The Labute approximate surface area is 96.8 Å². The lowest BCUT2D eigenvalue weighted by Crippen LogP contribution is -1.98.